The summed E-state index contributed by atoms with van der Waals surface area (Å²) in [5.74, 6) is -0.114. The van der Waals surface area contributed by atoms with Gasteiger partial charge in [0, 0.05) is 6.04 Å². The smallest absolute Gasteiger partial charge is 0.239 e. The Bertz CT molecular complexity index is 294. The van der Waals surface area contributed by atoms with Gasteiger partial charge in [0.25, 0.3) is 0 Å². The largest absolute Gasteiger partial charge is 0.371 e. The van der Waals surface area contributed by atoms with Crippen molar-refractivity contribution in [2.75, 3.05) is 0 Å². The molecule has 17 heavy (non-hydrogen) atoms. The minimum Gasteiger partial charge on any atom is -0.371 e. The maximum Gasteiger partial charge on any atom is 0.239 e. The van der Waals surface area contributed by atoms with Gasteiger partial charge in [0.2, 0.25) is 5.91 Å². The number of nitrogens with two attached hydrogens (primary N) is 1. The third kappa shape index (κ3) is 4.28. The Kier molecular flexibility index (Phi) is 3.89. The molecule has 3 atom stereocenters. The van der Waals surface area contributed by atoms with Gasteiger partial charge in [-0.05, 0) is 39.5 Å². The topological polar surface area (TPSA) is 64.3 Å². The van der Waals surface area contributed by atoms with Crippen LogP contribution in [0, 0.1) is 5.41 Å². The predicted molar refractivity (Wildman–Crippen MR) is 68.6 cm³/mol. The molecule has 1 amide bonds. The molecule has 100 valence electrons. The predicted octanol–water partition coefficient (Wildman–Crippen LogP) is 1.43. The molecule has 0 radical (unpaired) electrons. The summed E-state index contributed by atoms with van der Waals surface area (Å²) in [6, 6.07) is -0.339. The molecule has 0 spiro atoms. The molecular weight excluding hydrogens is 216 g/mol. The molecule has 0 aromatic carbocycles. The van der Waals surface area contributed by atoms with Crippen molar-refractivity contribution < 1.29 is 9.53 Å². The van der Waals surface area contributed by atoms with E-state index in [0.29, 0.717) is 0 Å². The second-order valence-electron chi connectivity index (χ2n) is 6.72. The molecule has 1 saturated carbocycles. The summed E-state index contributed by atoms with van der Waals surface area (Å²) < 4.78 is 5.69. The highest BCUT2D eigenvalue weighted by atomic mass is 16.5. The molecule has 0 aliphatic heterocycles. The maximum absolute atomic E-state index is 11.9. The van der Waals surface area contributed by atoms with E-state index in [1.165, 1.54) is 0 Å². The van der Waals surface area contributed by atoms with E-state index in [2.05, 4.69) is 19.2 Å². The van der Waals surface area contributed by atoms with Crippen molar-refractivity contribution in [1.82, 2.24) is 5.32 Å². The number of rotatable bonds is 4. The van der Waals surface area contributed by atoms with Crippen LogP contribution in [0.5, 0.6) is 0 Å². The molecule has 4 heteroatoms. The third-order valence-electron chi connectivity index (χ3n) is 3.18. The van der Waals surface area contributed by atoms with Gasteiger partial charge in [-0.25, -0.2) is 0 Å². The standard InChI is InChI=1S/C13H26N2O2/c1-8(17-12(2,3)4)10(14)11(16)15-9-7-13(9,5)6/h8-10H,7,14H2,1-6H3,(H,15,16)/t8-,9?,10+/m1/s1. The lowest BCUT2D eigenvalue weighted by Crippen LogP contribution is -2.50. The second-order valence-corrected chi connectivity index (χ2v) is 6.72. The van der Waals surface area contributed by atoms with Crippen molar-refractivity contribution in [3.05, 3.63) is 0 Å². The Morgan fingerprint density at radius 2 is 1.94 bits per heavy atom. The maximum atomic E-state index is 11.9. The summed E-state index contributed by atoms with van der Waals surface area (Å²) in [6.07, 6.45) is 0.747. The SMILES string of the molecule is C[C@@H](OC(C)(C)C)[C@H](N)C(=O)NC1CC1(C)C. The molecule has 3 N–H and O–H groups in total. The van der Waals surface area contributed by atoms with E-state index < -0.39 is 6.04 Å². The van der Waals surface area contributed by atoms with E-state index in [9.17, 15) is 4.79 Å². The highest BCUT2D eigenvalue weighted by Gasteiger charge is 2.47. The first-order valence-corrected chi connectivity index (χ1v) is 6.27. The number of nitrogens with one attached hydrogen (secondary N) is 1. The average molecular weight is 242 g/mol. The van der Waals surface area contributed by atoms with Gasteiger partial charge < -0.3 is 15.8 Å². The fourth-order valence-electron chi connectivity index (χ4n) is 1.83. The Hall–Kier alpha value is -0.610. The quantitative estimate of drug-likeness (QED) is 0.784. The van der Waals surface area contributed by atoms with Crippen molar-refractivity contribution >= 4 is 5.91 Å². The van der Waals surface area contributed by atoms with Crippen molar-refractivity contribution in [3.8, 4) is 0 Å². The fraction of sp³-hybridized carbons (Fsp3) is 0.923. The molecule has 1 fully saturated rings. The highest BCUT2D eigenvalue weighted by molar-refractivity contribution is 5.82. The van der Waals surface area contributed by atoms with E-state index in [4.69, 9.17) is 10.5 Å². The van der Waals surface area contributed by atoms with Gasteiger partial charge in [0.05, 0.1) is 11.7 Å². The molecule has 0 aromatic rings. The Morgan fingerprint density at radius 3 is 2.29 bits per heavy atom. The van der Waals surface area contributed by atoms with Crippen molar-refractivity contribution in [1.29, 1.82) is 0 Å². The summed E-state index contributed by atoms with van der Waals surface area (Å²) in [5.41, 5.74) is 5.84. The van der Waals surface area contributed by atoms with Gasteiger partial charge >= 0.3 is 0 Å². The van der Waals surface area contributed by atoms with Crippen LogP contribution in [0.4, 0.5) is 0 Å². The first-order chi connectivity index (χ1) is 7.53. The van der Waals surface area contributed by atoms with Crippen LogP contribution in [0.15, 0.2) is 0 Å². The molecule has 1 aliphatic carbocycles. The zero-order valence-electron chi connectivity index (χ0n) is 11.8. The van der Waals surface area contributed by atoms with Crippen LogP contribution in [0.2, 0.25) is 0 Å². The second kappa shape index (κ2) is 4.58. The Balaban J connectivity index is 2.41. The van der Waals surface area contributed by atoms with Crippen LogP contribution in [-0.2, 0) is 9.53 Å². The number of carbonyl (C=O) groups is 1. The van der Waals surface area contributed by atoms with Crippen molar-refractivity contribution in [3.63, 3.8) is 0 Å². The molecular formula is C13H26N2O2. The minimum atomic E-state index is -0.606. The molecule has 0 bridgehead atoms. The monoisotopic (exact) mass is 242 g/mol. The fourth-order valence-corrected chi connectivity index (χ4v) is 1.83. The molecule has 0 heterocycles. The van der Waals surface area contributed by atoms with E-state index >= 15 is 0 Å². The Morgan fingerprint density at radius 1 is 1.47 bits per heavy atom. The molecule has 4 nitrogen and oxygen atoms in total. The highest BCUT2D eigenvalue weighted by Crippen LogP contribution is 2.44. The van der Waals surface area contributed by atoms with E-state index in [0.717, 1.165) is 6.42 Å². The van der Waals surface area contributed by atoms with Crippen LogP contribution in [0.3, 0.4) is 0 Å². The third-order valence-corrected chi connectivity index (χ3v) is 3.18. The summed E-state index contributed by atoms with van der Waals surface area (Å²) in [5, 5.41) is 2.97. The molecule has 1 unspecified atom stereocenters. The first-order valence-electron chi connectivity index (χ1n) is 6.27. The molecule has 0 saturated heterocycles. The zero-order valence-corrected chi connectivity index (χ0v) is 11.8. The number of amides is 1. The van der Waals surface area contributed by atoms with Crippen LogP contribution in [-0.4, -0.2) is 29.7 Å². The molecule has 0 aromatic heterocycles. The number of hydrogen-bond acceptors (Lipinski definition) is 3. The summed E-state index contributed by atoms with van der Waals surface area (Å²) in [6.45, 7) is 12.0. The van der Waals surface area contributed by atoms with Crippen LogP contribution in [0.1, 0.15) is 48.0 Å². The van der Waals surface area contributed by atoms with Gasteiger partial charge in [-0.1, -0.05) is 13.8 Å². The Labute approximate surface area is 104 Å². The van der Waals surface area contributed by atoms with Crippen molar-refractivity contribution in [2.45, 2.75) is 71.8 Å². The van der Waals surface area contributed by atoms with Gasteiger partial charge in [-0.15, -0.1) is 0 Å². The first kappa shape index (κ1) is 14.5. The van der Waals surface area contributed by atoms with Gasteiger partial charge in [0.15, 0.2) is 0 Å². The summed E-state index contributed by atoms with van der Waals surface area (Å²) in [7, 11) is 0. The lowest BCUT2D eigenvalue weighted by Gasteiger charge is -2.28. The van der Waals surface area contributed by atoms with E-state index in [1.54, 1.807) is 0 Å². The molecule has 1 aliphatic rings. The normalized spacial score (nSPS) is 26.2. The zero-order chi connectivity index (χ0) is 13.4. The summed E-state index contributed by atoms with van der Waals surface area (Å²) >= 11 is 0. The number of hydrogen-bond donors (Lipinski definition) is 2. The van der Waals surface area contributed by atoms with E-state index in [-0.39, 0.29) is 29.1 Å². The van der Waals surface area contributed by atoms with Crippen LogP contribution < -0.4 is 11.1 Å². The van der Waals surface area contributed by atoms with Gasteiger partial charge in [0.1, 0.15) is 6.04 Å². The van der Waals surface area contributed by atoms with Crippen LogP contribution in [0.25, 0.3) is 0 Å². The lowest BCUT2D eigenvalue weighted by molar-refractivity contribution is -0.129. The number of carbonyl (C=O) groups excluding carboxylic acids is 1. The number of ether oxygens (including phenoxy) is 1. The summed E-state index contributed by atoms with van der Waals surface area (Å²) in [4.78, 5) is 11.9. The molecule has 1 rings (SSSR count). The minimum absolute atomic E-state index is 0.114. The average Bonchev–Trinajstić information content (AvgIpc) is 2.69. The van der Waals surface area contributed by atoms with E-state index in [1.807, 2.05) is 27.7 Å². The van der Waals surface area contributed by atoms with Crippen molar-refractivity contribution in [2.24, 2.45) is 11.1 Å². The van der Waals surface area contributed by atoms with Crippen LogP contribution >= 0.6 is 0 Å². The lowest BCUT2D eigenvalue weighted by atomic mass is 10.1. The van der Waals surface area contributed by atoms with Gasteiger partial charge in [-0.3, -0.25) is 4.79 Å². The van der Waals surface area contributed by atoms with Gasteiger partial charge in [-0.2, -0.15) is 0 Å².